The molecule has 2 nitrogen and oxygen atoms in total. The molecule has 0 fully saturated rings. The number of nitrogens with two attached hydrogens (primary N) is 1. The fourth-order valence-electron chi connectivity index (χ4n) is 1.59. The number of hydrogen-bond acceptors (Lipinski definition) is 1. The van der Waals surface area contributed by atoms with E-state index < -0.39 is 0 Å². The van der Waals surface area contributed by atoms with Gasteiger partial charge in [-0.2, -0.15) is 0 Å². The van der Waals surface area contributed by atoms with E-state index in [0.29, 0.717) is 0 Å². The lowest BCUT2D eigenvalue weighted by molar-refractivity contribution is 0.177. The van der Waals surface area contributed by atoms with Crippen molar-refractivity contribution in [2.24, 2.45) is 0 Å². The molecule has 0 bridgehead atoms. The van der Waals surface area contributed by atoms with Gasteiger partial charge in [0.2, 0.25) is 0 Å². The number of anilines is 1. The molecule has 0 spiro atoms. The highest BCUT2D eigenvalue weighted by atomic mass is 16.3. The first-order valence-electron chi connectivity index (χ1n) is 5.48. The van der Waals surface area contributed by atoms with Gasteiger partial charge in [0.15, 0.2) is 0 Å². The highest BCUT2D eigenvalue weighted by Crippen LogP contribution is 2.12. The van der Waals surface area contributed by atoms with Gasteiger partial charge in [-0.25, -0.2) is 5.11 Å². The molecule has 2 aromatic rings. The molecule has 0 unspecified atom stereocenters. The molecule has 85 valence electrons. The number of nitrogen functional groups attached to an aromatic ring is 1. The molecule has 17 heavy (non-hydrogen) atoms. The van der Waals surface area contributed by atoms with Gasteiger partial charge in [-0.3, -0.25) is 0 Å². The molecule has 0 aliphatic heterocycles. The van der Waals surface area contributed by atoms with E-state index in [1.807, 2.05) is 60.7 Å². The topological polar surface area (TPSA) is 45.9 Å². The van der Waals surface area contributed by atoms with Gasteiger partial charge in [-0.05, 0) is 34.9 Å². The van der Waals surface area contributed by atoms with E-state index in [4.69, 9.17) is 5.73 Å². The lowest BCUT2D eigenvalue weighted by atomic mass is 10.1. The van der Waals surface area contributed by atoms with E-state index in [0.717, 1.165) is 22.4 Å². The predicted molar refractivity (Wildman–Crippen MR) is 70.6 cm³/mol. The van der Waals surface area contributed by atoms with E-state index in [-0.39, 0.29) is 6.61 Å². The summed E-state index contributed by atoms with van der Waals surface area (Å²) in [5.74, 6) is 0. The van der Waals surface area contributed by atoms with Gasteiger partial charge in [0.1, 0.15) is 6.61 Å². The Balaban J connectivity index is 2.16. The normalized spacial score (nSPS) is 10.9. The lowest BCUT2D eigenvalue weighted by Gasteiger charge is -1.98. The first-order valence-corrected chi connectivity index (χ1v) is 5.48. The second-order valence-corrected chi connectivity index (χ2v) is 3.89. The molecule has 2 N–H and O–H groups in total. The predicted octanol–water partition coefficient (Wildman–Crippen LogP) is 3.37. The first-order chi connectivity index (χ1) is 8.28. The molecule has 1 radical (unpaired) electrons. The number of rotatable bonds is 3. The second-order valence-electron chi connectivity index (χ2n) is 3.89. The van der Waals surface area contributed by atoms with Gasteiger partial charge in [0.25, 0.3) is 0 Å². The van der Waals surface area contributed by atoms with Crippen molar-refractivity contribution >= 4 is 17.8 Å². The molecule has 2 rings (SSSR count). The van der Waals surface area contributed by atoms with Gasteiger partial charge in [0.05, 0.1) is 0 Å². The van der Waals surface area contributed by atoms with Gasteiger partial charge in [-0.1, -0.05) is 42.5 Å². The van der Waals surface area contributed by atoms with Crippen LogP contribution in [0.5, 0.6) is 0 Å². The summed E-state index contributed by atoms with van der Waals surface area (Å²) >= 11 is 0. The molecule has 0 heterocycles. The summed E-state index contributed by atoms with van der Waals surface area (Å²) in [5.41, 5.74) is 9.31. The Bertz CT molecular complexity index is 515. The van der Waals surface area contributed by atoms with Crippen LogP contribution in [-0.4, -0.2) is 0 Å². The Morgan fingerprint density at radius 2 is 1.65 bits per heavy atom. The average molecular weight is 224 g/mol. The molecule has 0 aliphatic rings. The number of benzene rings is 2. The summed E-state index contributed by atoms with van der Waals surface area (Å²) < 4.78 is 0. The summed E-state index contributed by atoms with van der Waals surface area (Å²) in [5, 5.41) is 10.8. The second kappa shape index (κ2) is 5.32. The van der Waals surface area contributed by atoms with E-state index >= 15 is 0 Å². The van der Waals surface area contributed by atoms with Crippen LogP contribution >= 0.6 is 0 Å². The van der Waals surface area contributed by atoms with Crippen molar-refractivity contribution in [2.75, 3.05) is 5.73 Å². The molecule has 2 aromatic carbocycles. The van der Waals surface area contributed by atoms with Crippen LogP contribution in [-0.2, 0) is 11.7 Å². The third-order valence-electron chi connectivity index (χ3n) is 2.52. The molecule has 0 saturated heterocycles. The van der Waals surface area contributed by atoms with Gasteiger partial charge in [0, 0.05) is 5.69 Å². The van der Waals surface area contributed by atoms with Crippen molar-refractivity contribution in [1.29, 1.82) is 0 Å². The SMILES string of the molecule is Nc1ccc(C=Cc2cccc(C[O])c2)cc1. The van der Waals surface area contributed by atoms with Crippen molar-refractivity contribution < 1.29 is 5.11 Å². The van der Waals surface area contributed by atoms with E-state index in [9.17, 15) is 5.11 Å². The summed E-state index contributed by atoms with van der Waals surface area (Å²) in [7, 11) is 0. The average Bonchev–Trinajstić information content (AvgIpc) is 2.38. The Hall–Kier alpha value is -2.06. The molecule has 0 atom stereocenters. The van der Waals surface area contributed by atoms with Crippen molar-refractivity contribution in [1.82, 2.24) is 0 Å². The maximum absolute atomic E-state index is 10.8. The van der Waals surface area contributed by atoms with Crippen molar-refractivity contribution in [3.63, 3.8) is 0 Å². The summed E-state index contributed by atoms with van der Waals surface area (Å²) in [6.07, 6.45) is 3.99. The van der Waals surface area contributed by atoms with Crippen LogP contribution in [0.4, 0.5) is 5.69 Å². The third-order valence-corrected chi connectivity index (χ3v) is 2.52. The first kappa shape index (κ1) is 11.4. The van der Waals surface area contributed by atoms with Crippen molar-refractivity contribution in [3.8, 4) is 0 Å². The number of hydrogen-bond donors (Lipinski definition) is 1. The minimum absolute atomic E-state index is 0.177. The molecular weight excluding hydrogens is 210 g/mol. The van der Waals surface area contributed by atoms with Crippen molar-refractivity contribution in [3.05, 3.63) is 65.2 Å². The minimum atomic E-state index is -0.177. The van der Waals surface area contributed by atoms with Crippen LogP contribution in [0.2, 0.25) is 0 Å². The third kappa shape index (κ3) is 3.20. The summed E-state index contributed by atoms with van der Waals surface area (Å²) in [6, 6.07) is 15.3. The monoisotopic (exact) mass is 224 g/mol. The zero-order valence-electron chi connectivity index (χ0n) is 9.47. The highest BCUT2D eigenvalue weighted by Gasteiger charge is 1.92. The van der Waals surface area contributed by atoms with Crippen LogP contribution in [0.15, 0.2) is 48.5 Å². The van der Waals surface area contributed by atoms with E-state index in [1.54, 1.807) is 0 Å². The quantitative estimate of drug-likeness (QED) is 0.630. The molecule has 0 saturated carbocycles. The smallest absolute Gasteiger partial charge is 0.107 e. The molecule has 0 aliphatic carbocycles. The lowest BCUT2D eigenvalue weighted by Crippen LogP contribution is -1.83. The fraction of sp³-hybridized carbons (Fsp3) is 0.0667. The molecule has 0 amide bonds. The van der Waals surface area contributed by atoms with Gasteiger partial charge in [-0.15, -0.1) is 0 Å². The Kier molecular flexibility index (Phi) is 3.58. The summed E-state index contributed by atoms with van der Waals surface area (Å²) in [6.45, 7) is -0.177. The van der Waals surface area contributed by atoms with E-state index in [2.05, 4.69) is 0 Å². The maximum Gasteiger partial charge on any atom is 0.107 e. The molecule has 2 heteroatoms. The largest absolute Gasteiger partial charge is 0.399 e. The van der Waals surface area contributed by atoms with Gasteiger partial charge < -0.3 is 5.73 Å². The van der Waals surface area contributed by atoms with Crippen LogP contribution < -0.4 is 5.73 Å². The zero-order valence-corrected chi connectivity index (χ0v) is 9.47. The Labute approximate surface area is 101 Å². The standard InChI is InChI=1S/C15H14NO/c16-15-8-6-12(7-9-15)4-5-13-2-1-3-14(10-13)11-17/h1-10H,11,16H2. The maximum atomic E-state index is 10.8. The van der Waals surface area contributed by atoms with Crippen LogP contribution in [0, 0.1) is 0 Å². The Morgan fingerprint density at radius 1 is 0.941 bits per heavy atom. The van der Waals surface area contributed by atoms with Crippen LogP contribution in [0.1, 0.15) is 16.7 Å². The molecule has 0 aromatic heterocycles. The summed E-state index contributed by atoms with van der Waals surface area (Å²) in [4.78, 5) is 0. The highest BCUT2D eigenvalue weighted by molar-refractivity contribution is 5.70. The van der Waals surface area contributed by atoms with Crippen LogP contribution in [0.3, 0.4) is 0 Å². The minimum Gasteiger partial charge on any atom is -0.399 e. The zero-order chi connectivity index (χ0) is 12.1. The Morgan fingerprint density at radius 3 is 2.35 bits per heavy atom. The fourth-order valence-corrected chi connectivity index (χ4v) is 1.59. The van der Waals surface area contributed by atoms with Gasteiger partial charge >= 0.3 is 0 Å². The van der Waals surface area contributed by atoms with E-state index in [1.165, 1.54) is 0 Å². The van der Waals surface area contributed by atoms with Crippen molar-refractivity contribution in [2.45, 2.75) is 6.61 Å². The molecular formula is C15H14NO. The van der Waals surface area contributed by atoms with Crippen LogP contribution in [0.25, 0.3) is 12.2 Å².